The number of ether oxygens (including phenoxy) is 1. The van der Waals surface area contributed by atoms with E-state index in [4.69, 9.17) is 4.74 Å². The maximum atomic E-state index is 12.3. The number of amides is 1. The van der Waals surface area contributed by atoms with Crippen molar-refractivity contribution < 1.29 is 14.3 Å². The number of guanidine groups is 1. The third-order valence-corrected chi connectivity index (χ3v) is 5.17. The number of nitrogens with zero attached hydrogens (tertiary/aromatic N) is 2. The number of rotatable bonds is 6. The van der Waals surface area contributed by atoms with Gasteiger partial charge in [-0.1, -0.05) is 19.1 Å². The fraction of sp³-hybridized carbons (Fsp3) is 0.571. The Morgan fingerprint density at radius 2 is 2.00 bits per heavy atom. The second kappa shape index (κ2) is 12.7. The van der Waals surface area contributed by atoms with E-state index in [1.54, 1.807) is 7.05 Å². The zero-order valence-electron chi connectivity index (χ0n) is 17.7. The van der Waals surface area contributed by atoms with Gasteiger partial charge in [0.25, 0.3) is 5.91 Å². The Balaban J connectivity index is 0.00000420. The molecule has 0 saturated carbocycles. The van der Waals surface area contributed by atoms with Gasteiger partial charge in [0.15, 0.2) is 5.96 Å². The third-order valence-electron chi connectivity index (χ3n) is 5.17. The lowest BCUT2D eigenvalue weighted by atomic mass is 9.97. The molecule has 1 aliphatic heterocycles. The average Bonchev–Trinajstić information content (AvgIpc) is 2.74. The van der Waals surface area contributed by atoms with Gasteiger partial charge in [-0.3, -0.25) is 14.6 Å². The molecule has 0 radical (unpaired) electrons. The van der Waals surface area contributed by atoms with E-state index >= 15 is 0 Å². The SMILES string of the molecule is CCC(C)NC(=O)c1cccc(CNC(=NC)N2CCC(C(=O)OC)CC2)c1.I. The van der Waals surface area contributed by atoms with Gasteiger partial charge < -0.3 is 20.3 Å². The predicted molar refractivity (Wildman–Crippen MR) is 126 cm³/mol. The molecule has 1 atom stereocenters. The highest BCUT2D eigenvalue weighted by Gasteiger charge is 2.26. The lowest BCUT2D eigenvalue weighted by Crippen LogP contribution is -2.46. The zero-order chi connectivity index (χ0) is 20.5. The Morgan fingerprint density at radius 3 is 2.59 bits per heavy atom. The summed E-state index contributed by atoms with van der Waals surface area (Å²) in [6.45, 7) is 6.14. The van der Waals surface area contributed by atoms with Crippen molar-refractivity contribution in [1.82, 2.24) is 15.5 Å². The number of esters is 1. The summed E-state index contributed by atoms with van der Waals surface area (Å²) in [5.74, 6) is 0.596. The molecule has 1 unspecified atom stereocenters. The molecule has 162 valence electrons. The molecule has 2 N–H and O–H groups in total. The fourth-order valence-corrected chi connectivity index (χ4v) is 3.24. The van der Waals surface area contributed by atoms with Gasteiger partial charge in [-0.05, 0) is 43.9 Å². The number of methoxy groups -OCH3 is 1. The van der Waals surface area contributed by atoms with Crippen LogP contribution >= 0.6 is 24.0 Å². The molecule has 0 bridgehead atoms. The summed E-state index contributed by atoms with van der Waals surface area (Å²) in [5.41, 5.74) is 1.68. The van der Waals surface area contributed by atoms with Crippen molar-refractivity contribution in [2.75, 3.05) is 27.2 Å². The standard InChI is InChI=1S/C21H32N4O3.HI/c1-5-15(2)24-19(26)18-8-6-7-16(13-18)14-23-21(22-3)25-11-9-17(10-12-25)20(27)28-4;/h6-8,13,15,17H,5,9-12,14H2,1-4H3,(H,22,23)(H,24,26);1H. The molecular formula is C21H33IN4O3. The van der Waals surface area contributed by atoms with E-state index in [2.05, 4.69) is 20.5 Å². The summed E-state index contributed by atoms with van der Waals surface area (Å²) in [6.07, 6.45) is 2.42. The van der Waals surface area contributed by atoms with Gasteiger partial charge in [-0.15, -0.1) is 24.0 Å². The van der Waals surface area contributed by atoms with Crippen LogP contribution in [0.4, 0.5) is 0 Å². The third kappa shape index (κ3) is 7.49. The number of hydrogen-bond acceptors (Lipinski definition) is 4. The van der Waals surface area contributed by atoms with Gasteiger partial charge in [-0.2, -0.15) is 0 Å². The quantitative estimate of drug-likeness (QED) is 0.263. The van der Waals surface area contributed by atoms with Crippen LogP contribution in [0.15, 0.2) is 29.3 Å². The van der Waals surface area contributed by atoms with Crippen molar-refractivity contribution in [2.24, 2.45) is 10.9 Å². The zero-order valence-corrected chi connectivity index (χ0v) is 20.1. The minimum atomic E-state index is -0.130. The first-order valence-electron chi connectivity index (χ1n) is 9.91. The van der Waals surface area contributed by atoms with Crippen LogP contribution in [0.3, 0.4) is 0 Å². The molecule has 8 heteroatoms. The van der Waals surface area contributed by atoms with E-state index in [1.807, 2.05) is 38.1 Å². The van der Waals surface area contributed by atoms with Crippen molar-refractivity contribution >= 4 is 41.8 Å². The number of carbonyl (C=O) groups excluding carboxylic acids is 2. The van der Waals surface area contributed by atoms with E-state index < -0.39 is 0 Å². The van der Waals surface area contributed by atoms with E-state index in [0.717, 1.165) is 43.9 Å². The van der Waals surface area contributed by atoms with Crippen LogP contribution in [-0.2, 0) is 16.1 Å². The second-order valence-corrected chi connectivity index (χ2v) is 7.17. The average molecular weight is 516 g/mol. The molecule has 2 rings (SSSR count). The van der Waals surface area contributed by atoms with Gasteiger partial charge in [0.05, 0.1) is 13.0 Å². The van der Waals surface area contributed by atoms with Crippen LogP contribution in [-0.4, -0.2) is 56.0 Å². The monoisotopic (exact) mass is 516 g/mol. The molecule has 1 saturated heterocycles. The molecule has 0 aliphatic carbocycles. The van der Waals surface area contributed by atoms with Gasteiger partial charge in [0.2, 0.25) is 0 Å². The molecule has 1 fully saturated rings. The number of piperidine rings is 1. The molecule has 7 nitrogen and oxygen atoms in total. The van der Waals surface area contributed by atoms with Gasteiger partial charge >= 0.3 is 5.97 Å². The van der Waals surface area contributed by atoms with Crippen LogP contribution in [0.2, 0.25) is 0 Å². The second-order valence-electron chi connectivity index (χ2n) is 7.17. The van der Waals surface area contributed by atoms with Crippen molar-refractivity contribution in [2.45, 2.75) is 45.7 Å². The Hall–Kier alpha value is -1.84. The van der Waals surface area contributed by atoms with E-state index in [1.165, 1.54) is 7.11 Å². The molecule has 29 heavy (non-hydrogen) atoms. The minimum absolute atomic E-state index is 0. The van der Waals surface area contributed by atoms with Crippen molar-refractivity contribution in [3.8, 4) is 0 Å². The van der Waals surface area contributed by atoms with Gasteiger partial charge in [-0.25, -0.2) is 0 Å². The highest BCUT2D eigenvalue weighted by molar-refractivity contribution is 14.0. The molecule has 1 heterocycles. The Morgan fingerprint density at radius 1 is 1.31 bits per heavy atom. The largest absolute Gasteiger partial charge is 0.469 e. The van der Waals surface area contributed by atoms with Gasteiger partial charge in [0.1, 0.15) is 0 Å². The number of likely N-dealkylation sites (tertiary alicyclic amines) is 1. The number of carbonyl (C=O) groups is 2. The Bertz CT molecular complexity index is 703. The number of halogens is 1. The highest BCUT2D eigenvalue weighted by Crippen LogP contribution is 2.18. The van der Waals surface area contributed by atoms with Crippen LogP contribution in [0.25, 0.3) is 0 Å². The van der Waals surface area contributed by atoms with Crippen LogP contribution in [0.5, 0.6) is 0 Å². The smallest absolute Gasteiger partial charge is 0.308 e. The Kier molecular flexibility index (Phi) is 11.0. The van der Waals surface area contributed by atoms with Crippen LogP contribution < -0.4 is 10.6 Å². The van der Waals surface area contributed by atoms with E-state index in [9.17, 15) is 9.59 Å². The lowest BCUT2D eigenvalue weighted by molar-refractivity contribution is -0.146. The summed E-state index contributed by atoms with van der Waals surface area (Å²) in [7, 11) is 3.19. The number of aliphatic imine (C=N–C) groups is 1. The van der Waals surface area contributed by atoms with Crippen molar-refractivity contribution in [1.29, 1.82) is 0 Å². The summed E-state index contributed by atoms with van der Waals surface area (Å²) in [5, 5.41) is 6.35. The molecule has 1 aliphatic rings. The number of benzene rings is 1. The normalized spacial score (nSPS) is 15.9. The van der Waals surface area contributed by atoms with Crippen LogP contribution in [0, 0.1) is 5.92 Å². The predicted octanol–water partition coefficient (Wildman–Crippen LogP) is 2.79. The molecular weight excluding hydrogens is 483 g/mol. The fourth-order valence-electron chi connectivity index (χ4n) is 3.24. The summed E-state index contributed by atoms with van der Waals surface area (Å²) >= 11 is 0. The first kappa shape index (κ1) is 25.2. The molecule has 1 aromatic carbocycles. The van der Waals surface area contributed by atoms with Crippen molar-refractivity contribution in [3.05, 3.63) is 35.4 Å². The first-order valence-corrected chi connectivity index (χ1v) is 9.91. The summed E-state index contributed by atoms with van der Waals surface area (Å²) < 4.78 is 4.84. The summed E-state index contributed by atoms with van der Waals surface area (Å²) in [4.78, 5) is 30.5. The Labute approximate surface area is 190 Å². The van der Waals surface area contributed by atoms with E-state index in [-0.39, 0.29) is 47.8 Å². The van der Waals surface area contributed by atoms with Crippen LogP contribution in [0.1, 0.15) is 49.0 Å². The topological polar surface area (TPSA) is 83.0 Å². The minimum Gasteiger partial charge on any atom is -0.469 e. The summed E-state index contributed by atoms with van der Waals surface area (Å²) in [6, 6.07) is 7.77. The maximum absolute atomic E-state index is 12.3. The molecule has 0 spiro atoms. The molecule has 1 amide bonds. The van der Waals surface area contributed by atoms with E-state index in [0.29, 0.717) is 12.1 Å². The van der Waals surface area contributed by atoms with Crippen molar-refractivity contribution in [3.63, 3.8) is 0 Å². The number of hydrogen-bond donors (Lipinski definition) is 2. The number of nitrogens with one attached hydrogen (secondary N) is 2. The lowest BCUT2D eigenvalue weighted by Gasteiger charge is -2.33. The maximum Gasteiger partial charge on any atom is 0.308 e. The molecule has 1 aromatic rings. The highest BCUT2D eigenvalue weighted by atomic mass is 127. The van der Waals surface area contributed by atoms with Gasteiger partial charge in [0, 0.05) is 38.3 Å². The molecule has 0 aromatic heterocycles. The first-order chi connectivity index (χ1) is 13.5.